The van der Waals surface area contributed by atoms with Crippen LogP contribution in [-0.2, 0) is 14.3 Å². The molecule has 3 aromatic rings. The quantitative estimate of drug-likeness (QED) is 0.385. The Balaban J connectivity index is 1.86. The molecule has 2 heterocycles. The van der Waals surface area contributed by atoms with Crippen molar-refractivity contribution in [1.82, 2.24) is 4.57 Å². The van der Waals surface area contributed by atoms with Gasteiger partial charge in [-0.05, 0) is 62.2 Å². The lowest BCUT2D eigenvalue weighted by Crippen LogP contribution is -2.40. The number of aromatic nitrogens is 1. The summed E-state index contributed by atoms with van der Waals surface area (Å²) in [5.74, 6) is -0.505. The van der Waals surface area contributed by atoms with Gasteiger partial charge in [0.2, 0.25) is 0 Å². The summed E-state index contributed by atoms with van der Waals surface area (Å²) in [5, 5.41) is 0.547. The molecule has 1 unspecified atom stereocenters. The number of hydrogen-bond acceptors (Lipinski definition) is 7. The third kappa shape index (κ3) is 5.28. The minimum absolute atomic E-state index is 0.278. The molecule has 1 atom stereocenters. The number of hydrogen-bond donors (Lipinski definition) is 0. The third-order valence-electron chi connectivity index (χ3n) is 5.21. The van der Waals surface area contributed by atoms with Crippen molar-refractivity contribution >= 4 is 41.0 Å². The van der Waals surface area contributed by atoms with Gasteiger partial charge in [-0.2, -0.15) is 0 Å². The fraction of sp³-hybridized carbons (Fsp3) is 0.231. The first-order valence-corrected chi connectivity index (χ1v) is 12.1. The molecule has 0 fully saturated rings. The third-order valence-corrected chi connectivity index (χ3v) is 6.44. The van der Waals surface area contributed by atoms with Gasteiger partial charge in [0.1, 0.15) is 5.75 Å². The van der Waals surface area contributed by atoms with Gasteiger partial charge < -0.3 is 9.47 Å². The zero-order valence-corrected chi connectivity index (χ0v) is 21.1. The molecule has 0 radical (unpaired) electrons. The number of halogens is 1. The van der Waals surface area contributed by atoms with Crippen molar-refractivity contribution in [3.05, 3.63) is 95.6 Å². The zero-order chi connectivity index (χ0) is 25.3. The molecule has 0 N–H and O–H groups in total. The molecule has 0 saturated heterocycles. The van der Waals surface area contributed by atoms with Crippen LogP contribution >= 0.6 is 22.9 Å². The number of carbonyl (C=O) groups excluding carboxylic acids is 2. The molecule has 9 heteroatoms. The molecule has 4 rings (SSSR count). The standard InChI is InChI=1S/C26H23ClN2O5S/c1-14(2)33-25(32)22-15(3)28-26-29(23(22)18-7-9-19(27)10-8-18)24(31)21(35-26)13-17-5-11-20(12-6-17)34-16(4)30/h5-14,23H,1-4H3. The summed E-state index contributed by atoms with van der Waals surface area (Å²) >= 11 is 7.33. The lowest BCUT2D eigenvalue weighted by Gasteiger charge is -2.25. The Morgan fingerprint density at radius 2 is 1.77 bits per heavy atom. The predicted molar refractivity (Wildman–Crippen MR) is 134 cm³/mol. The van der Waals surface area contributed by atoms with Crippen molar-refractivity contribution in [3.8, 4) is 5.75 Å². The predicted octanol–water partition coefficient (Wildman–Crippen LogP) is 3.77. The van der Waals surface area contributed by atoms with E-state index in [0.717, 1.165) is 11.1 Å². The normalized spacial score (nSPS) is 15.6. The summed E-state index contributed by atoms with van der Waals surface area (Å²) in [6.45, 7) is 6.61. The maximum atomic E-state index is 13.6. The van der Waals surface area contributed by atoms with E-state index in [-0.39, 0.29) is 11.7 Å². The summed E-state index contributed by atoms with van der Waals surface area (Å²) in [6, 6.07) is 13.1. The number of esters is 2. The number of ether oxygens (including phenoxy) is 2. The van der Waals surface area contributed by atoms with E-state index in [1.54, 1.807) is 75.4 Å². The molecule has 7 nitrogen and oxygen atoms in total. The minimum atomic E-state index is -0.705. The summed E-state index contributed by atoms with van der Waals surface area (Å²) in [4.78, 5) is 42.9. The van der Waals surface area contributed by atoms with Crippen molar-refractivity contribution in [2.24, 2.45) is 4.99 Å². The largest absolute Gasteiger partial charge is 0.459 e. The van der Waals surface area contributed by atoms with Gasteiger partial charge in [0.05, 0.1) is 27.9 Å². The van der Waals surface area contributed by atoms with E-state index in [1.165, 1.54) is 22.8 Å². The van der Waals surface area contributed by atoms with Gasteiger partial charge >= 0.3 is 11.9 Å². The van der Waals surface area contributed by atoms with Crippen molar-refractivity contribution in [3.63, 3.8) is 0 Å². The first-order valence-electron chi connectivity index (χ1n) is 10.9. The number of nitrogens with zero attached hydrogens (tertiary/aromatic N) is 2. The topological polar surface area (TPSA) is 87.0 Å². The molecule has 1 aliphatic rings. The highest BCUT2D eigenvalue weighted by Crippen LogP contribution is 2.31. The Morgan fingerprint density at radius 1 is 1.11 bits per heavy atom. The van der Waals surface area contributed by atoms with E-state index < -0.39 is 18.0 Å². The van der Waals surface area contributed by atoms with Crippen molar-refractivity contribution < 1.29 is 19.1 Å². The number of carbonyl (C=O) groups is 2. The average Bonchev–Trinajstić information content (AvgIpc) is 3.08. The van der Waals surface area contributed by atoms with Crippen LogP contribution in [0.5, 0.6) is 5.75 Å². The van der Waals surface area contributed by atoms with Crippen LogP contribution in [0.25, 0.3) is 6.08 Å². The molecule has 35 heavy (non-hydrogen) atoms. The summed E-state index contributed by atoms with van der Waals surface area (Å²) in [7, 11) is 0. The average molecular weight is 511 g/mol. The maximum Gasteiger partial charge on any atom is 0.338 e. The highest BCUT2D eigenvalue weighted by molar-refractivity contribution is 7.07. The van der Waals surface area contributed by atoms with E-state index in [2.05, 4.69) is 4.99 Å². The second kappa shape index (κ2) is 10.0. The number of thiazole rings is 1. The fourth-order valence-electron chi connectivity index (χ4n) is 3.77. The summed E-state index contributed by atoms with van der Waals surface area (Å²) in [5.41, 5.74) is 2.00. The highest BCUT2D eigenvalue weighted by atomic mass is 35.5. The van der Waals surface area contributed by atoms with Crippen LogP contribution in [0.15, 0.2) is 69.6 Å². The van der Waals surface area contributed by atoms with E-state index in [0.29, 0.717) is 31.4 Å². The zero-order valence-electron chi connectivity index (χ0n) is 19.6. The first-order chi connectivity index (χ1) is 16.6. The van der Waals surface area contributed by atoms with E-state index in [4.69, 9.17) is 21.1 Å². The molecular formula is C26H23ClN2O5S. The smallest absolute Gasteiger partial charge is 0.338 e. The fourth-order valence-corrected chi connectivity index (χ4v) is 4.94. The monoisotopic (exact) mass is 510 g/mol. The molecule has 0 spiro atoms. The molecule has 0 bridgehead atoms. The molecule has 1 aliphatic heterocycles. The van der Waals surface area contributed by atoms with E-state index >= 15 is 0 Å². The Bertz CT molecular complexity index is 1500. The minimum Gasteiger partial charge on any atom is -0.459 e. The highest BCUT2D eigenvalue weighted by Gasteiger charge is 2.33. The van der Waals surface area contributed by atoms with Crippen molar-refractivity contribution in [1.29, 1.82) is 0 Å². The van der Waals surface area contributed by atoms with Crippen molar-refractivity contribution in [2.45, 2.75) is 39.8 Å². The molecular weight excluding hydrogens is 488 g/mol. The number of allylic oxidation sites excluding steroid dienone is 1. The number of benzene rings is 2. The van der Waals surface area contributed by atoms with Crippen molar-refractivity contribution in [2.75, 3.05) is 0 Å². The van der Waals surface area contributed by atoms with E-state index in [9.17, 15) is 14.4 Å². The summed E-state index contributed by atoms with van der Waals surface area (Å²) in [6.07, 6.45) is 1.42. The number of fused-ring (bicyclic) bond motifs is 1. The van der Waals surface area contributed by atoms with Gasteiger partial charge in [-0.3, -0.25) is 14.2 Å². The van der Waals surface area contributed by atoms with Gasteiger partial charge in [-0.1, -0.05) is 47.2 Å². The van der Waals surface area contributed by atoms with Gasteiger partial charge in [0, 0.05) is 11.9 Å². The Morgan fingerprint density at radius 3 is 2.37 bits per heavy atom. The Labute approximate surface area is 210 Å². The van der Waals surface area contributed by atoms with Crippen LogP contribution in [-0.4, -0.2) is 22.6 Å². The van der Waals surface area contributed by atoms with Crippen LogP contribution in [0, 0.1) is 0 Å². The molecule has 0 amide bonds. The lowest BCUT2D eigenvalue weighted by atomic mass is 9.96. The van der Waals surface area contributed by atoms with Gasteiger partial charge in [0.25, 0.3) is 5.56 Å². The van der Waals surface area contributed by atoms with Gasteiger partial charge in [0.15, 0.2) is 4.80 Å². The second-order valence-electron chi connectivity index (χ2n) is 8.25. The molecule has 2 aromatic carbocycles. The van der Waals surface area contributed by atoms with Crippen LogP contribution in [0.2, 0.25) is 5.02 Å². The molecule has 0 saturated carbocycles. The SMILES string of the molecule is CC(=O)Oc1ccc(C=c2sc3n(c2=O)C(c2ccc(Cl)cc2)C(C(=O)OC(C)C)=C(C)N=3)cc1. The number of rotatable bonds is 5. The summed E-state index contributed by atoms with van der Waals surface area (Å²) < 4.78 is 12.5. The van der Waals surface area contributed by atoms with Crippen LogP contribution in [0.1, 0.15) is 44.9 Å². The van der Waals surface area contributed by atoms with Crippen LogP contribution in [0.3, 0.4) is 0 Å². The van der Waals surface area contributed by atoms with Crippen LogP contribution < -0.4 is 19.6 Å². The van der Waals surface area contributed by atoms with Gasteiger partial charge in [-0.15, -0.1) is 0 Å². The molecule has 180 valence electrons. The molecule has 1 aromatic heterocycles. The van der Waals surface area contributed by atoms with Crippen LogP contribution in [0.4, 0.5) is 0 Å². The first kappa shape index (κ1) is 24.6. The second-order valence-corrected chi connectivity index (χ2v) is 9.70. The molecule has 0 aliphatic carbocycles. The van der Waals surface area contributed by atoms with E-state index in [1.807, 2.05) is 0 Å². The lowest BCUT2D eigenvalue weighted by molar-refractivity contribution is -0.143. The maximum absolute atomic E-state index is 13.6. The Hall–Kier alpha value is -3.49. The van der Waals surface area contributed by atoms with Gasteiger partial charge in [-0.25, -0.2) is 9.79 Å². The Kier molecular flexibility index (Phi) is 7.05.